The first-order valence-corrected chi connectivity index (χ1v) is 10.7. The molecule has 2 aliphatic rings. The van der Waals surface area contributed by atoms with E-state index in [-0.39, 0.29) is 25.0 Å². The summed E-state index contributed by atoms with van der Waals surface area (Å²) in [6.45, 7) is 2.70. The Hall–Kier alpha value is -3.39. The van der Waals surface area contributed by atoms with Crippen molar-refractivity contribution < 1.29 is 24.2 Å². The minimum absolute atomic E-state index is 0.0619. The normalized spacial score (nSPS) is 19.1. The molecule has 4 rings (SSSR count). The molecule has 2 N–H and O–H groups in total. The van der Waals surface area contributed by atoms with Crippen molar-refractivity contribution in [2.45, 2.75) is 24.9 Å². The van der Waals surface area contributed by atoms with Crippen LogP contribution in [-0.2, 0) is 14.3 Å². The van der Waals surface area contributed by atoms with Gasteiger partial charge in [0.15, 0.2) is 0 Å². The lowest BCUT2D eigenvalue weighted by Crippen LogP contribution is -2.59. The maximum Gasteiger partial charge on any atom is 0.407 e. The number of fused-ring (bicyclic) bond motifs is 3. The second-order valence-electron chi connectivity index (χ2n) is 8.31. The Morgan fingerprint density at radius 1 is 1.06 bits per heavy atom. The maximum absolute atomic E-state index is 12.7. The molecule has 1 aliphatic carbocycles. The van der Waals surface area contributed by atoms with Crippen molar-refractivity contribution in [1.82, 2.24) is 15.1 Å². The van der Waals surface area contributed by atoms with Crippen LogP contribution in [0.4, 0.5) is 4.79 Å². The molecule has 168 valence electrons. The summed E-state index contributed by atoms with van der Waals surface area (Å²) < 4.78 is 5.50. The van der Waals surface area contributed by atoms with Gasteiger partial charge in [-0.05, 0) is 36.2 Å². The van der Waals surface area contributed by atoms with E-state index in [9.17, 15) is 19.5 Å². The highest BCUT2D eigenvalue weighted by Gasteiger charge is 2.34. The lowest BCUT2D eigenvalue weighted by molar-refractivity contribution is -0.148. The number of nitrogens with zero attached hydrogens (tertiary/aromatic N) is 2. The summed E-state index contributed by atoms with van der Waals surface area (Å²) in [4.78, 5) is 39.8. The monoisotopic (exact) mass is 437 g/mol. The van der Waals surface area contributed by atoms with Gasteiger partial charge >= 0.3 is 12.1 Å². The summed E-state index contributed by atoms with van der Waals surface area (Å²) >= 11 is 0. The summed E-state index contributed by atoms with van der Waals surface area (Å²) in [5.41, 5.74) is 4.51. The number of likely N-dealkylation sites (N-methyl/N-ethyl adjacent to an activating group) is 1. The fourth-order valence-electron chi connectivity index (χ4n) is 4.49. The molecule has 0 spiro atoms. The van der Waals surface area contributed by atoms with E-state index < -0.39 is 24.1 Å². The van der Waals surface area contributed by atoms with Crippen LogP contribution in [0.15, 0.2) is 48.5 Å². The Kier molecular flexibility index (Phi) is 6.14. The zero-order valence-electron chi connectivity index (χ0n) is 18.2. The Morgan fingerprint density at radius 2 is 1.66 bits per heavy atom. The fourth-order valence-corrected chi connectivity index (χ4v) is 4.49. The second-order valence-corrected chi connectivity index (χ2v) is 8.31. The minimum Gasteiger partial charge on any atom is -0.480 e. The summed E-state index contributed by atoms with van der Waals surface area (Å²) in [5.74, 6) is -1.35. The molecular weight excluding hydrogens is 410 g/mol. The Balaban J connectivity index is 1.35. The maximum atomic E-state index is 12.7. The summed E-state index contributed by atoms with van der Waals surface area (Å²) in [6.07, 6.45) is -0.670. The molecule has 0 aromatic heterocycles. The third kappa shape index (κ3) is 4.18. The number of alkyl carbamates (subject to hydrolysis) is 1. The first-order chi connectivity index (χ1) is 15.4. The van der Waals surface area contributed by atoms with Crippen LogP contribution in [0.1, 0.15) is 24.0 Å². The Bertz CT molecular complexity index is 994. The number of carboxylic acid groups (broad SMARTS) is 1. The van der Waals surface area contributed by atoms with E-state index in [4.69, 9.17) is 4.74 Å². The SMILES string of the molecule is C[C@H](NC(=O)OCC1c2ccccc2-c2ccccc21)C(=O)N1CCN(C)C(C(=O)O)C1. The van der Waals surface area contributed by atoms with Gasteiger partial charge < -0.3 is 20.1 Å². The summed E-state index contributed by atoms with van der Waals surface area (Å²) in [6, 6.07) is 14.6. The van der Waals surface area contributed by atoms with Gasteiger partial charge in [0, 0.05) is 25.6 Å². The molecule has 0 radical (unpaired) electrons. The molecule has 2 amide bonds. The van der Waals surface area contributed by atoms with E-state index >= 15 is 0 Å². The third-order valence-corrected chi connectivity index (χ3v) is 6.29. The summed E-state index contributed by atoms with van der Waals surface area (Å²) in [7, 11) is 1.72. The molecule has 1 unspecified atom stereocenters. The quantitative estimate of drug-likeness (QED) is 0.744. The van der Waals surface area contributed by atoms with Crippen molar-refractivity contribution in [1.29, 1.82) is 0 Å². The Morgan fingerprint density at radius 3 is 2.25 bits per heavy atom. The van der Waals surface area contributed by atoms with Crippen molar-refractivity contribution in [2.75, 3.05) is 33.3 Å². The zero-order chi connectivity index (χ0) is 22.8. The van der Waals surface area contributed by atoms with Crippen LogP contribution in [0.25, 0.3) is 11.1 Å². The molecule has 0 bridgehead atoms. The first-order valence-electron chi connectivity index (χ1n) is 10.7. The van der Waals surface area contributed by atoms with Crippen molar-refractivity contribution >= 4 is 18.0 Å². The van der Waals surface area contributed by atoms with E-state index in [0.717, 1.165) is 22.3 Å². The van der Waals surface area contributed by atoms with Crippen LogP contribution in [0.2, 0.25) is 0 Å². The number of amides is 2. The lowest BCUT2D eigenvalue weighted by Gasteiger charge is -2.38. The topological polar surface area (TPSA) is 99.2 Å². The first kappa shape index (κ1) is 21.8. The molecule has 2 atom stereocenters. The molecule has 8 nitrogen and oxygen atoms in total. The predicted molar refractivity (Wildman–Crippen MR) is 118 cm³/mol. The number of carbonyl (C=O) groups is 3. The number of aliphatic carboxylic acids is 1. The standard InChI is InChI=1S/C24H27N3O5/c1-15(22(28)27-12-11-26(2)21(13-27)23(29)30)25-24(31)32-14-20-18-9-5-3-7-16(18)17-8-4-6-10-19(17)20/h3-10,15,20-21H,11-14H2,1-2H3,(H,25,31)(H,29,30)/t15-,21?/m0/s1. The van der Waals surface area contributed by atoms with Gasteiger partial charge in [0.05, 0.1) is 0 Å². The molecule has 8 heteroatoms. The zero-order valence-corrected chi connectivity index (χ0v) is 18.2. The highest BCUT2D eigenvalue weighted by molar-refractivity contribution is 5.86. The fraction of sp³-hybridized carbons (Fsp3) is 0.375. The van der Waals surface area contributed by atoms with Crippen LogP contribution in [0.5, 0.6) is 0 Å². The molecule has 0 saturated carbocycles. The van der Waals surface area contributed by atoms with E-state index in [2.05, 4.69) is 17.4 Å². The number of benzene rings is 2. The van der Waals surface area contributed by atoms with Crippen molar-refractivity contribution in [3.63, 3.8) is 0 Å². The predicted octanol–water partition coefficient (Wildman–Crippen LogP) is 2.14. The molecule has 1 aliphatic heterocycles. The smallest absolute Gasteiger partial charge is 0.407 e. The number of piperazine rings is 1. The molecule has 1 saturated heterocycles. The average molecular weight is 437 g/mol. The van der Waals surface area contributed by atoms with Gasteiger partial charge in [-0.25, -0.2) is 4.79 Å². The minimum atomic E-state index is -0.970. The average Bonchev–Trinajstić information content (AvgIpc) is 3.11. The van der Waals surface area contributed by atoms with Gasteiger partial charge in [0.1, 0.15) is 18.7 Å². The van der Waals surface area contributed by atoms with Crippen LogP contribution in [0.3, 0.4) is 0 Å². The molecular formula is C24H27N3O5. The number of hydrogen-bond donors (Lipinski definition) is 2. The van der Waals surface area contributed by atoms with Gasteiger partial charge in [0.25, 0.3) is 0 Å². The number of carboxylic acids is 1. The molecule has 2 aromatic carbocycles. The van der Waals surface area contributed by atoms with Crippen molar-refractivity contribution in [3.05, 3.63) is 59.7 Å². The van der Waals surface area contributed by atoms with E-state index in [1.807, 2.05) is 36.4 Å². The van der Waals surface area contributed by atoms with Crippen LogP contribution < -0.4 is 5.32 Å². The summed E-state index contributed by atoms with van der Waals surface area (Å²) in [5, 5.41) is 11.9. The van der Waals surface area contributed by atoms with Crippen molar-refractivity contribution in [2.24, 2.45) is 0 Å². The number of rotatable bonds is 5. The highest BCUT2D eigenvalue weighted by Crippen LogP contribution is 2.44. The number of ether oxygens (including phenoxy) is 1. The van der Waals surface area contributed by atoms with Gasteiger partial charge in [-0.3, -0.25) is 14.5 Å². The van der Waals surface area contributed by atoms with Gasteiger partial charge in [-0.1, -0.05) is 48.5 Å². The van der Waals surface area contributed by atoms with Crippen LogP contribution in [-0.4, -0.2) is 78.2 Å². The molecule has 1 heterocycles. The van der Waals surface area contributed by atoms with Crippen LogP contribution in [0, 0.1) is 0 Å². The van der Waals surface area contributed by atoms with E-state index in [1.165, 1.54) is 4.90 Å². The molecule has 1 fully saturated rings. The van der Waals surface area contributed by atoms with Crippen LogP contribution >= 0.6 is 0 Å². The molecule has 2 aromatic rings. The van der Waals surface area contributed by atoms with E-state index in [0.29, 0.717) is 13.1 Å². The number of hydrogen-bond acceptors (Lipinski definition) is 5. The van der Waals surface area contributed by atoms with Crippen molar-refractivity contribution in [3.8, 4) is 11.1 Å². The largest absolute Gasteiger partial charge is 0.480 e. The Labute approximate surface area is 186 Å². The highest BCUT2D eigenvalue weighted by atomic mass is 16.5. The van der Waals surface area contributed by atoms with Gasteiger partial charge in [-0.15, -0.1) is 0 Å². The third-order valence-electron chi connectivity index (χ3n) is 6.29. The van der Waals surface area contributed by atoms with Gasteiger partial charge in [-0.2, -0.15) is 0 Å². The van der Waals surface area contributed by atoms with Gasteiger partial charge in [0.2, 0.25) is 5.91 Å². The number of nitrogens with one attached hydrogen (secondary N) is 1. The molecule has 32 heavy (non-hydrogen) atoms. The number of carbonyl (C=O) groups excluding carboxylic acids is 2. The van der Waals surface area contributed by atoms with E-state index in [1.54, 1.807) is 18.9 Å². The second kappa shape index (κ2) is 9.00. The lowest BCUT2D eigenvalue weighted by atomic mass is 9.98.